The molecule has 0 spiro atoms. The Morgan fingerprint density at radius 1 is 1.07 bits per heavy atom. The average molecular weight is 201 g/mol. The molecule has 0 unspecified atom stereocenters. The van der Waals surface area contributed by atoms with Crippen molar-refractivity contribution in [3.05, 3.63) is 40.6 Å². The van der Waals surface area contributed by atoms with Crippen LogP contribution in [-0.2, 0) is 6.61 Å². The van der Waals surface area contributed by atoms with Crippen LogP contribution in [0.5, 0.6) is 0 Å². The van der Waals surface area contributed by atoms with E-state index in [0.717, 1.165) is 11.2 Å². The van der Waals surface area contributed by atoms with Gasteiger partial charge in [-0.3, -0.25) is 4.98 Å². The number of aliphatic hydroxyl groups excluding tert-OH is 1. The van der Waals surface area contributed by atoms with Gasteiger partial charge in [-0.2, -0.15) is 0 Å². The Bertz CT molecular complexity index is 517. The summed E-state index contributed by atoms with van der Waals surface area (Å²) >= 11 is 0. The Morgan fingerprint density at radius 2 is 1.73 bits per heavy atom. The molecule has 2 rings (SSSR count). The molecule has 0 aliphatic heterocycles. The van der Waals surface area contributed by atoms with Crippen molar-refractivity contribution < 1.29 is 5.11 Å². The molecule has 1 aromatic carbocycles. The highest BCUT2D eigenvalue weighted by atomic mass is 16.3. The average Bonchev–Trinajstić information content (AvgIpc) is 2.15. The molecule has 1 heterocycles. The van der Waals surface area contributed by atoms with Crippen LogP contribution in [-0.4, -0.2) is 10.1 Å². The molecular weight excluding hydrogens is 186 g/mol. The number of benzene rings is 1. The van der Waals surface area contributed by atoms with Crippen molar-refractivity contribution in [2.75, 3.05) is 0 Å². The van der Waals surface area contributed by atoms with Gasteiger partial charge in [0.05, 0.1) is 17.8 Å². The van der Waals surface area contributed by atoms with Crippen molar-refractivity contribution in [1.82, 2.24) is 4.98 Å². The molecule has 0 radical (unpaired) electrons. The van der Waals surface area contributed by atoms with Crippen LogP contribution in [0, 0.1) is 20.8 Å². The van der Waals surface area contributed by atoms with E-state index in [1.54, 1.807) is 0 Å². The van der Waals surface area contributed by atoms with E-state index in [4.69, 9.17) is 5.11 Å². The molecule has 2 aromatic rings. The first kappa shape index (κ1) is 10.1. The van der Waals surface area contributed by atoms with Gasteiger partial charge in [-0.1, -0.05) is 6.07 Å². The van der Waals surface area contributed by atoms with Gasteiger partial charge in [-0.15, -0.1) is 0 Å². The van der Waals surface area contributed by atoms with Crippen LogP contribution in [0.1, 0.15) is 22.4 Å². The number of rotatable bonds is 1. The third-order valence-electron chi connectivity index (χ3n) is 2.66. The lowest BCUT2D eigenvalue weighted by molar-refractivity contribution is 0.277. The van der Waals surface area contributed by atoms with Crippen molar-refractivity contribution >= 4 is 10.9 Å². The van der Waals surface area contributed by atoms with Crippen LogP contribution < -0.4 is 0 Å². The largest absolute Gasteiger partial charge is 0.390 e. The maximum Gasteiger partial charge on any atom is 0.0853 e. The van der Waals surface area contributed by atoms with E-state index in [1.165, 1.54) is 22.1 Å². The summed E-state index contributed by atoms with van der Waals surface area (Å²) in [6, 6.07) is 6.18. The summed E-state index contributed by atoms with van der Waals surface area (Å²) in [6.45, 7) is 6.23. The third-order valence-corrected chi connectivity index (χ3v) is 2.66. The highest BCUT2D eigenvalue weighted by Gasteiger charge is 2.05. The minimum atomic E-state index is 0.00374. The molecule has 0 saturated heterocycles. The third kappa shape index (κ3) is 1.73. The molecule has 1 aromatic heterocycles. The zero-order chi connectivity index (χ0) is 11.0. The summed E-state index contributed by atoms with van der Waals surface area (Å²) in [7, 11) is 0. The molecule has 2 heteroatoms. The van der Waals surface area contributed by atoms with E-state index < -0.39 is 0 Å². The Hall–Kier alpha value is -1.41. The van der Waals surface area contributed by atoms with Gasteiger partial charge >= 0.3 is 0 Å². The summed E-state index contributed by atoms with van der Waals surface area (Å²) in [5.74, 6) is 0. The Morgan fingerprint density at radius 3 is 2.40 bits per heavy atom. The predicted molar refractivity (Wildman–Crippen MR) is 61.9 cm³/mol. The fourth-order valence-electron chi connectivity index (χ4n) is 2.14. The second kappa shape index (κ2) is 3.63. The molecular formula is C13H15NO. The second-order valence-electron chi connectivity index (χ2n) is 4.06. The Kier molecular flexibility index (Phi) is 2.45. The van der Waals surface area contributed by atoms with Crippen LogP contribution in [0.4, 0.5) is 0 Å². The lowest BCUT2D eigenvalue weighted by Crippen LogP contribution is -1.94. The monoisotopic (exact) mass is 201 g/mol. The standard InChI is InChI=1S/C13H15NO/c1-8-4-9(2)13-10(3)6-11(7-15)14-12(13)5-8/h4-6,15H,7H2,1-3H3. The van der Waals surface area contributed by atoms with Gasteiger partial charge < -0.3 is 5.11 Å². The van der Waals surface area contributed by atoms with E-state index in [1.807, 2.05) is 6.07 Å². The number of nitrogens with zero attached hydrogens (tertiary/aromatic N) is 1. The molecule has 0 aliphatic carbocycles. The zero-order valence-corrected chi connectivity index (χ0v) is 9.33. The number of hydrogen-bond donors (Lipinski definition) is 1. The lowest BCUT2D eigenvalue weighted by Gasteiger charge is -2.08. The summed E-state index contributed by atoms with van der Waals surface area (Å²) < 4.78 is 0. The van der Waals surface area contributed by atoms with Crippen LogP contribution in [0.15, 0.2) is 18.2 Å². The van der Waals surface area contributed by atoms with Gasteiger partial charge in [-0.05, 0) is 49.6 Å². The van der Waals surface area contributed by atoms with E-state index in [9.17, 15) is 0 Å². The van der Waals surface area contributed by atoms with Crippen LogP contribution in [0.3, 0.4) is 0 Å². The molecule has 0 amide bonds. The van der Waals surface area contributed by atoms with Crippen LogP contribution in [0.2, 0.25) is 0 Å². The van der Waals surface area contributed by atoms with Gasteiger partial charge in [0.15, 0.2) is 0 Å². The molecule has 0 fully saturated rings. The summed E-state index contributed by atoms with van der Waals surface area (Å²) in [5, 5.41) is 10.3. The normalized spacial score (nSPS) is 10.9. The van der Waals surface area contributed by atoms with Gasteiger partial charge in [0.2, 0.25) is 0 Å². The number of aryl methyl sites for hydroxylation is 3. The molecule has 0 bridgehead atoms. The van der Waals surface area contributed by atoms with E-state index >= 15 is 0 Å². The lowest BCUT2D eigenvalue weighted by atomic mass is 10.0. The summed E-state index contributed by atoms with van der Waals surface area (Å²) in [4.78, 5) is 4.43. The first-order chi connectivity index (χ1) is 7.11. The SMILES string of the molecule is Cc1cc(C)c2c(C)cc(CO)nc2c1. The van der Waals surface area contributed by atoms with Gasteiger partial charge in [0.25, 0.3) is 0 Å². The zero-order valence-electron chi connectivity index (χ0n) is 9.33. The van der Waals surface area contributed by atoms with Crippen molar-refractivity contribution in [2.45, 2.75) is 27.4 Å². The summed E-state index contributed by atoms with van der Waals surface area (Å²) in [5.41, 5.74) is 5.37. The van der Waals surface area contributed by atoms with Crippen molar-refractivity contribution in [3.63, 3.8) is 0 Å². The quantitative estimate of drug-likeness (QED) is 0.769. The molecule has 15 heavy (non-hydrogen) atoms. The van der Waals surface area contributed by atoms with Gasteiger partial charge in [-0.25, -0.2) is 0 Å². The minimum absolute atomic E-state index is 0.00374. The molecule has 0 saturated carbocycles. The maximum atomic E-state index is 9.10. The Labute approximate surface area is 89.6 Å². The highest BCUT2D eigenvalue weighted by Crippen LogP contribution is 2.23. The fourth-order valence-corrected chi connectivity index (χ4v) is 2.14. The summed E-state index contributed by atoms with van der Waals surface area (Å²) in [6.07, 6.45) is 0. The smallest absolute Gasteiger partial charge is 0.0853 e. The molecule has 2 nitrogen and oxygen atoms in total. The number of hydrogen-bond acceptors (Lipinski definition) is 2. The van der Waals surface area contributed by atoms with Crippen molar-refractivity contribution in [1.29, 1.82) is 0 Å². The number of aromatic nitrogens is 1. The molecule has 78 valence electrons. The second-order valence-corrected chi connectivity index (χ2v) is 4.06. The van der Waals surface area contributed by atoms with Crippen LogP contribution >= 0.6 is 0 Å². The fraction of sp³-hybridized carbons (Fsp3) is 0.308. The Balaban J connectivity index is 2.85. The van der Waals surface area contributed by atoms with E-state index in [2.05, 4.69) is 37.9 Å². The topological polar surface area (TPSA) is 33.1 Å². The van der Waals surface area contributed by atoms with Gasteiger partial charge in [0.1, 0.15) is 0 Å². The number of aliphatic hydroxyl groups is 1. The highest BCUT2D eigenvalue weighted by molar-refractivity contribution is 5.86. The first-order valence-electron chi connectivity index (χ1n) is 5.10. The molecule has 0 atom stereocenters. The predicted octanol–water partition coefficient (Wildman–Crippen LogP) is 2.65. The molecule has 1 N–H and O–H groups in total. The van der Waals surface area contributed by atoms with Crippen molar-refractivity contribution in [2.24, 2.45) is 0 Å². The van der Waals surface area contributed by atoms with E-state index in [-0.39, 0.29) is 6.61 Å². The number of pyridine rings is 1. The van der Waals surface area contributed by atoms with Crippen molar-refractivity contribution in [3.8, 4) is 0 Å². The van der Waals surface area contributed by atoms with E-state index in [0.29, 0.717) is 0 Å². The first-order valence-corrected chi connectivity index (χ1v) is 5.10. The van der Waals surface area contributed by atoms with Gasteiger partial charge in [0, 0.05) is 5.39 Å². The maximum absolute atomic E-state index is 9.10. The molecule has 0 aliphatic rings. The number of fused-ring (bicyclic) bond motifs is 1. The van der Waals surface area contributed by atoms with Crippen LogP contribution in [0.25, 0.3) is 10.9 Å². The minimum Gasteiger partial charge on any atom is -0.390 e.